The summed E-state index contributed by atoms with van der Waals surface area (Å²) in [6.07, 6.45) is -0.155. The summed E-state index contributed by atoms with van der Waals surface area (Å²) in [4.78, 5) is 0. The van der Waals surface area contributed by atoms with Crippen LogP contribution in [0.3, 0.4) is 0 Å². The van der Waals surface area contributed by atoms with Gasteiger partial charge in [0.25, 0.3) is 8.32 Å². The predicted molar refractivity (Wildman–Crippen MR) is 112 cm³/mol. The summed E-state index contributed by atoms with van der Waals surface area (Å²) in [5, 5.41) is 10.3. The van der Waals surface area contributed by atoms with Crippen molar-refractivity contribution in [3.05, 3.63) is 23.8 Å². The SMILES string of the molecule is COc1cc(CC(O)C#C[Si](C)(C)C)ccc1O[Si](C)(C)C(C)(C)C. The molecule has 1 aromatic carbocycles. The molecule has 0 fully saturated rings. The van der Waals surface area contributed by atoms with E-state index in [4.69, 9.17) is 9.16 Å². The molecule has 0 radical (unpaired) electrons. The minimum absolute atomic E-state index is 0.124. The van der Waals surface area contributed by atoms with Gasteiger partial charge in [-0.15, -0.1) is 5.54 Å². The third-order valence-corrected chi connectivity index (χ3v) is 9.68. The van der Waals surface area contributed by atoms with Crippen LogP contribution in [0.1, 0.15) is 26.3 Å². The third-order valence-electron chi connectivity index (χ3n) is 4.44. The van der Waals surface area contributed by atoms with E-state index in [2.05, 4.69) is 65.0 Å². The number of aliphatic hydroxyl groups is 1. The Morgan fingerprint density at radius 2 is 1.68 bits per heavy atom. The first-order valence-corrected chi connectivity index (χ1v) is 15.2. The van der Waals surface area contributed by atoms with E-state index < -0.39 is 22.5 Å². The van der Waals surface area contributed by atoms with E-state index in [0.717, 1.165) is 11.3 Å². The van der Waals surface area contributed by atoms with E-state index in [1.54, 1.807) is 7.11 Å². The van der Waals surface area contributed by atoms with E-state index in [1.807, 2.05) is 18.2 Å². The number of ether oxygens (including phenoxy) is 1. The molecule has 140 valence electrons. The number of aliphatic hydroxyl groups excluding tert-OH is 1. The van der Waals surface area contributed by atoms with Crippen molar-refractivity contribution in [3.8, 4) is 23.0 Å². The van der Waals surface area contributed by atoms with Crippen LogP contribution < -0.4 is 9.16 Å². The van der Waals surface area contributed by atoms with Crippen molar-refractivity contribution in [2.45, 2.75) is 71.1 Å². The summed E-state index contributed by atoms with van der Waals surface area (Å²) in [6, 6.07) is 5.89. The van der Waals surface area contributed by atoms with Gasteiger partial charge in [-0.25, -0.2) is 0 Å². The maximum Gasteiger partial charge on any atom is 0.250 e. The first-order valence-electron chi connectivity index (χ1n) is 8.82. The molecular weight excluding hydrogens is 344 g/mol. The lowest BCUT2D eigenvalue weighted by Gasteiger charge is -2.36. The summed E-state index contributed by atoms with van der Waals surface area (Å²) in [5.74, 6) is 4.48. The molecule has 1 unspecified atom stereocenters. The highest BCUT2D eigenvalue weighted by Crippen LogP contribution is 2.40. The second-order valence-electron chi connectivity index (χ2n) is 9.09. The van der Waals surface area contributed by atoms with Crippen molar-refractivity contribution in [2.24, 2.45) is 0 Å². The third kappa shape index (κ3) is 6.89. The maximum atomic E-state index is 10.2. The van der Waals surface area contributed by atoms with Crippen molar-refractivity contribution >= 4 is 16.4 Å². The van der Waals surface area contributed by atoms with Crippen molar-refractivity contribution in [1.29, 1.82) is 0 Å². The van der Waals surface area contributed by atoms with Gasteiger partial charge >= 0.3 is 0 Å². The second kappa shape index (κ2) is 7.98. The van der Waals surface area contributed by atoms with Crippen LogP contribution >= 0.6 is 0 Å². The molecule has 1 atom stereocenters. The van der Waals surface area contributed by atoms with Gasteiger partial charge in [0.1, 0.15) is 19.9 Å². The Morgan fingerprint density at radius 3 is 2.16 bits per heavy atom. The Bertz CT molecular complexity index is 644. The molecule has 0 saturated heterocycles. The molecule has 1 rings (SSSR count). The number of rotatable bonds is 5. The van der Waals surface area contributed by atoms with Gasteiger partial charge in [-0.2, -0.15) is 0 Å². The zero-order valence-corrected chi connectivity index (χ0v) is 19.3. The zero-order chi connectivity index (χ0) is 19.5. The average molecular weight is 379 g/mol. The highest BCUT2D eigenvalue weighted by atomic mass is 28.4. The van der Waals surface area contributed by atoms with Crippen LogP contribution in [-0.2, 0) is 6.42 Å². The van der Waals surface area contributed by atoms with Gasteiger partial charge in [0, 0.05) is 6.42 Å². The number of hydrogen-bond donors (Lipinski definition) is 1. The van der Waals surface area contributed by atoms with Crippen molar-refractivity contribution < 1.29 is 14.3 Å². The number of benzene rings is 1. The molecule has 3 nitrogen and oxygen atoms in total. The van der Waals surface area contributed by atoms with E-state index in [1.165, 1.54) is 0 Å². The van der Waals surface area contributed by atoms with E-state index >= 15 is 0 Å². The lowest BCUT2D eigenvalue weighted by atomic mass is 10.1. The molecule has 0 bridgehead atoms. The highest BCUT2D eigenvalue weighted by Gasteiger charge is 2.39. The van der Waals surface area contributed by atoms with Crippen molar-refractivity contribution in [3.63, 3.8) is 0 Å². The Hall–Kier alpha value is -1.23. The van der Waals surface area contributed by atoms with E-state index in [-0.39, 0.29) is 5.04 Å². The summed E-state index contributed by atoms with van der Waals surface area (Å²) >= 11 is 0. The summed E-state index contributed by atoms with van der Waals surface area (Å²) in [6.45, 7) is 17.6. The molecule has 0 saturated carbocycles. The van der Waals surface area contributed by atoms with Crippen molar-refractivity contribution in [1.82, 2.24) is 0 Å². The molecule has 1 aromatic rings. The molecule has 0 aromatic heterocycles. The van der Waals surface area contributed by atoms with E-state index in [0.29, 0.717) is 12.2 Å². The van der Waals surface area contributed by atoms with Crippen LogP contribution in [0.5, 0.6) is 11.5 Å². The first kappa shape index (κ1) is 21.8. The van der Waals surface area contributed by atoms with Gasteiger partial charge in [-0.1, -0.05) is 52.4 Å². The molecule has 0 heterocycles. The van der Waals surface area contributed by atoms with Gasteiger partial charge in [-0.3, -0.25) is 0 Å². The number of hydrogen-bond acceptors (Lipinski definition) is 3. The quantitative estimate of drug-likeness (QED) is 0.587. The number of methoxy groups -OCH3 is 1. The molecule has 0 aliphatic carbocycles. The highest BCUT2D eigenvalue weighted by molar-refractivity contribution is 6.83. The topological polar surface area (TPSA) is 38.7 Å². The van der Waals surface area contributed by atoms with E-state index in [9.17, 15) is 5.11 Å². The van der Waals surface area contributed by atoms with Crippen LogP contribution in [0.2, 0.25) is 37.8 Å². The Balaban J connectivity index is 2.97. The van der Waals surface area contributed by atoms with Gasteiger partial charge in [0.15, 0.2) is 5.75 Å². The predicted octanol–water partition coefficient (Wildman–Crippen LogP) is 4.86. The molecule has 5 heteroatoms. The van der Waals surface area contributed by atoms with Crippen LogP contribution in [0, 0.1) is 11.5 Å². The Labute approximate surface area is 155 Å². The molecule has 0 spiro atoms. The molecule has 0 aliphatic rings. The van der Waals surface area contributed by atoms with Crippen LogP contribution in [-0.4, -0.2) is 34.7 Å². The van der Waals surface area contributed by atoms with Gasteiger partial charge in [0.05, 0.1) is 7.11 Å². The Morgan fingerprint density at radius 1 is 1.08 bits per heavy atom. The molecule has 0 aliphatic heterocycles. The standard InChI is InChI=1S/C20H34O3Si2/c1-20(2,3)25(8,9)23-18-11-10-16(15-19(18)22-4)14-17(21)12-13-24(5,6)7/h10-11,15,17,21H,14H2,1-9H3. The lowest BCUT2D eigenvalue weighted by Crippen LogP contribution is -2.43. The average Bonchev–Trinajstić information content (AvgIpc) is 2.44. The fourth-order valence-electron chi connectivity index (χ4n) is 1.93. The Kier molecular flexibility index (Phi) is 6.97. The summed E-state index contributed by atoms with van der Waals surface area (Å²) in [5.41, 5.74) is 4.22. The molecule has 1 N–H and O–H groups in total. The summed E-state index contributed by atoms with van der Waals surface area (Å²) < 4.78 is 11.9. The minimum atomic E-state index is -1.92. The second-order valence-corrected chi connectivity index (χ2v) is 18.6. The largest absolute Gasteiger partial charge is 0.541 e. The van der Waals surface area contributed by atoms with Crippen molar-refractivity contribution in [2.75, 3.05) is 7.11 Å². The summed E-state index contributed by atoms with van der Waals surface area (Å²) in [7, 11) is -1.74. The van der Waals surface area contributed by atoms with Crippen LogP contribution in [0.15, 0.2) is 18.2 Å². The maximum absolute atomic E-state index is 10.2. The monoisotopic (exact) mass is 378 g/mol. The van der Waals surface area contributed by atoms with Crippen LogP contribution in [0.25, 0.3) is 0 Å². The van der Waals surface area contributed by atoms with Gasteiger partial charge in [0.2, 0.25) is 0 Å². The van der Waals surface area contributed by atoms with Gasteiger partial charge < -0.3 is 14.3 Å². The fourth-order valence-corrected chi connectivity index (χ4v) is 3.55. The van der Waals surface area contributed by atoms with Gasteiger partial charge in [-0.05, 0) is 35.8 Å². The van der Waals surface area contributed by atoms with Crippen LogP contribution in [0.4, 0.5) is 0 Å². The first-order chi connectivity index (χ1) is 11.2. The molecular formula is C20H34O3Si2. The normalized spacial score (nSPS) is 13.7. The molecule has 25 heavy (non-hydrogen) atoms. The lowest BCUT2D eigenvalue weighted by molar-refractivity contribution is 0.233. The fraction of sp³-hybridized carbons (Fsp3) is 0.600. The minimum Gasteiger partial charge on any atom is -0.541 e. The smallest absolute Gasteiger partial charge is 0.250 e. The molecule has 0 amide bonds. The zero-order valence-electron chi connectivity index (χ0n) is 17.3.